The van der Waals surface area contributed by atoms with Gasteiger partial charge in [0, 0.05) is 25.5 Å². The maximum Gasteiger partial charge on any atom is 0.0766 e. The van der Waals surface area contributed by atoms with Crippen molar-refractivity contribution in [2.45, 2.75) is 45.8 Å². The molecule has 0 saturated heterocycles. The van der Waals surface area contributed by atoms with Gasteiger partial charge < -0.3 is 10.4 Å². The smallest absolute Gasteiger partial charge is 0.0766 e. The van der Waals surface area contributed by atoms with Crippen LogP contribution in [0.4, 0.5) is 0 Å². The van der Waals surface area contributed by atoms with Gasteiger partial charge in [0.2, 0.25) is 0 Å². The van der Waals surface area contributed by atoms with Gasteiger partial charge >= 0.3 is 0 Å². The minimum Gasteiger partial charge on any atom is -0.389 e. The fraction of sp³-hybridized carbons (Fsp3) is 0.615. The Balaban J connectivity index is 2.44. The van der Waals surface area contributed by atoms with Crippen molar-refractivity contribution < 1.29 is 5.11 Å². The van der Waals surface area contributed by atoms with Gasteiger partial charge in [0.05, 0.1) is 5.60 Å². The van der Waals surface area contributed by atoms with Crippen molar-refractivity contribution in [2.24, 2.45) is 0 Å². The predicted octanol–water partition coefficient (Wildman–Crippen LogP) is 2.03. The average molecular weight is 222 g/mol. The molecule has 0 atom stereocenters. The van der Waals surface area contributed by atoms with Crippen molar-refractivity contribution in [2.75, 3.05) is 6.54 Å². The van der Waals surface area contributed by atoms with Crippen LogP contribution in [-0.4, -0.2) is 22.2 Å². The number of hydrogen-bond donors (Lipinski definition) is 2. The molecule has 0 aliphatic carbocycles. The van der Waals surface area contributed by atoms with Crippen molar-refractivity contribution >= 4 is 0 Å². The first-order chi connectivity index (χ1) is 7.61. The standard InChI is InChI=1S/C13H22N2O/c1-4-13(16,5-2)10-15-9-12-6-7-14-8-11(12)3/h6-8,15-16H,4-5,9-10H2,1-3H3. The number of nitrogens with one attached hydrogen (secondary N) is 1. The number of hydrogen-bond acceptors (Lipinski definition) is 3. The SMILES string of the molecule is CCC(O)(CC)CNCc1ccncc1C. The van der Waals surface area contributed by atoms with Gasteiger partial charge in [-0.25, -0.2) is 0 Å². The van der Waals surface area contributed by atoms with E-state index < -0.39 is 5.60 Å². The highest BCUT2D eigenvalue weighted by atomic mass is 16.3. The summed E-state index contributed by atoms with van der Waals surface area (Å²) in [4.78, 5) is 4.06. The van der Waals surface area contributed by atoms with Gasteiger partial charge in [0.15, 0.2) is 0 Å². The molecule has 0 saturated carbocycles. The maximum atomic E-state index is 10.1. The summed E-state index contributed by atoms with van der Waals surface area (Å²) in [6.45, 7) is 7.51. The lowest BCUT2D eigenvalue weighted by Gasteiger charge is -2.25. The third-order valence-electron chi connectivity index (χ3n) is 3.22. The molecule has 16 heavy (non-hydrogen) atoms. The Morgan fingerprint density at radius 1 is 1.38 bits per heavy atom. The minimum absolute atomic E-state index is 0.569. The minimum atomic E-state index is -0.569. The Hall–Kier alpha value is -0.930. The second-order valence-corrected chi connectivity index (χ2v) is 4.34. The molecule has 0 spiro atoms. The molecule has 0 radical (unpaired) electrons. The van der Waals surface area contributed by atoms with Gasteiger partial charge in [-0.2, -0.15) is 0 Å². The van der Waals surface area contributed by atoms with E-state index in [4.69, 9.17) is 0 Å². The van der Waals surface area contributed by atoms with Gasteiger partial charge in [-0.1, -0.05) is 13.8 Å². The summed E-state index contributed by atoms with van der Waals surface area (Å²) < 4.78 is 0. The average Bonchev–Trinajstić information content (AvgIpc) is 2.31. The van der Waals surface area contributed by atoms with Crippen LogP contribution in [0.1, 0.15) is 37.8 Å². The summed E-state index contributed by atoms with van der Waals surface area (Å²) in [6, 6.07) is 2.01. The van der Waals surface area contributed by atoms with E-state index in [0.29, 0.717) is 6.54 Å². The summed E-state index contributed by atoms with van der Waals surface area (Å²) in [5, 5.41) is 13.4. The van der Waals surface area contributed by atoms with E-state index >= 15 is 0 Å². The van der Waals surface area contributed by atoms with E-state index in [1.54, 1.807) is 6.20 Å². The first-order valence-electron chi connectivity index (χ1n) is 5.94. The van der Waals surface area contributed by atoms with Gasteiger partial charge in [-0.05, 0) is 37.0 Å². The Morgan fingerprint density at radius 2 is 2.06 bits per heavy atom. The van der Waals surface area contributed by atoms with Crippen LogP contribution in [0.3, 0.4) is 0 Å². The topological polar surface area (TPSA) is 45.1 Å². The van der Waals surface area contributed by atoms with Crippen molar-refractivity contribution in [1.82, 2.24) is 10.3 Å². The van der Waals surface area contributed by atoms with Crippen molar-refractivity contribution in [3.05, 3.63) is 29.6 Å². The molecule has 2 N–H and O–H groups in total. The van der Waals surface area contributed by atoms with Gasteiger partial charge in [0.25, 0.3) is 0 Å². The Kier molecular flexibility index (Phi) is 4.90. The van der Waals surface area contributed by atoms with Gasteiger partial charge in [-0.3, -0.25) is 4.98 Å². The Bertz CT molecular complexity index is 321. The molecule has 0 bridgehead atoms. The number of rotatable bonds is 6. The van der Waals surface area contributed by atoms with Crippen molar-refractivity contribution in [3.63, 3.8) is 0 Å². The summed E-state index contributed by atoms with van der Waals surface area (Å²) in [6.07, 6.45) is 5.23. The van der Waals surface area contributed by atoms with Crippen LogP contribution >= 0.6 is 0 Å². The molecule has 1 aromatic rings. The largest absolute Gasteiger partial charge is 0.389 e. The molecule has 1 rings (SSSR count). The second-order valence-electron chi connectivity index (χ2n) is 4.34. The van der Waals surface area contributed by atoms with E-state index in [2.05, 4.69) is 17.2 Å². The summed E-state index contributed by atoms with van der Waals surface area (Å²) in [7, 11) is 0. The number of pyridine rings is 1. The van der Waals surface area contributed by atoms with Crippen LogP contribution in [0.5, 0.6) is 0 Å². The molecule has 1 aromatic heterocycles. The lowest BCUT2D eigenvalue weighted by Crippen LogP contribution is -2.39. The third kappa shape index (κ3) is 3.58. The molecule has 0 fully saturated rings. The molecular weight excluding hydrogens is 200 g/mol. The van der Waals surface area contributed by atoms with Crippen LogP contribution in [0, 0.1) is 6.92 Å². The molecule has 3 heteroatoms. The third-order valence-corrected chi connectivity index (χ3v) is 3.22. The molecule has 0 unspecified atom stereocenters. The first kappa shape index (κ1) is 13.1. The van der Waals surface area contributed by atoms with Crippen LogP contribution in [0.25, 0.3) is 0 Å². The molecule has 1 heterocycles. The van der Waals surface area contributed by atoms with Crippen LogP contribution in [0.15, 0.2) is 18.5 Å². The van der Waals surface area contributed by atoms with E-state index in [1.165, 1.54) is 11.1 Å². The van der Waals surface area contributed by atoms with E-state index in [9.17, 15) is 5.11 Å². The first-order valence-corrected chi connectivity index (χ1v) is 5.94. The monoisotopic (exact) mass is 222 g/mol. The summed E-state index contributed by atoms with van der Waals surface area (Å²) in [5.41, 5.74) is 1.86. The fourth-order valence-electron chi connectivity index (χ4n) is 1.63. The molecule has 0 amide bonds. The highest BCUT2D eigenvalue weighted by molar-refractivity contribution is 5.21. The quantitative estimate of drug-likeness (QED) is 0.774. The lowest BCUT2D eigenvalue weighted by molar-refractivity contribution is 0.0323. The normalized spacial score (nSPS) is 11.8. The molecule has 90 valence electrons. The molecule has 0 aliphatic rings. The Labute approximate surface area is 97.9 Å². The zero-order valence-electron chi connectivity index (χ0n) is 10.5. The van der Waals surface area contributed by atoms with Crippen molar-refractivity contribution in [1.29, 1.82) is 0 Å². The Morgan fingerprint density at radius 3 is 2.62 bits per heavy atom. The van der Waals surface area contributed by atoms with Gasteiger partial charge in [-0.15, -0.1) is 0 Å². The van der Waals surface area contributed by atoms with Crippen molar-refractivity contribution in [3.8, 4) is 0 Å². The van der Waals surface area contributed by atoms with Crippen LogP contribution in [-0.2, 0) is 6.54 Å². The molecular formula is C13H22N2O. The lowest BCUT2D eigenvalue weighted by atomic mass is 9.97. The predicted molar refractivity (Wildman–Crippen MR) is 66.2 cm³/mol. The summed E-state index contributed by atoms with van der Waals surface area (Å²) >= 11 is 0. The van der Waals surface area contributed by atoms with Crippen LogP contribution in [0.2, 0.25) is 0 Å². The highest BCUT2D eigenvalue weighted by Gasteiger charge is 2.21. The van der Waals surface area contributed by atoms with E-state index in [1.807, 2.05) is 26.1 Å². The number of aromatic nitrogens is 1. The number of nitrogens with zero attached hydrogens (tertiary/aromatic N) is 1. The highest BCUT2D eigenvalue weighted by Crippen LogP contribution is 2.13. The zero-order valence-corrected chi connectivity index (χ0v) is 10.5. The molecule has 0 aromatic carbocycles. The van der Waals surface area contributed by atoms with E-state index in [0.717, 1.165) is 19.4 Å². The van der Waals surface area contributed by atoms with E-state index in [-0.39, 0.29) is 0 Å². The maximum absolute atomic E-state index is 10.1. The number of aliphatic hydroxyl groups is 1. The summed E-state index contributed by atoms with van der Waals surface area (Å²) in [5.74, 6) is 0. The molecule has 0 aliphatic heterocycles. The zero-order chi connectivity index (χ0) is 12.0. The fourth-order valence-corrected chi connectivity index (χ4v) is 1.63. The van der Waals surface area contributed by atoms with Gasteiger partial charge in [0.1, 0.15) is 0 Å². The second kappa shape index (κ2) is 5.97. The molecule has 3 nitrogen and oxygen atoms in total. The van der Waals surface area contributed by atoms with Crippen LogP contribution < -0.4 is 5.32 Å². The number of aryl methyl sites for hydroxylation is 1.